The maximum atomic E-state index is 12.3. The van der Waals surface area contributed by atoms with Crippen LogP contribution in [0.1, 0.15) is 26.2 Å². The molecule has 0 spiro atoms. The van der Waals surface area contributed by atoms with Crippen molar-refractivity contribution >= 4 is 29.0 Å². The average Bonchev–Trinajstić information content (AvgIpc) is 2.48. The molecular weight excluding hydrogens is 250 g/mol. The van der Waals surface area contributed by atoms with Gasteiger partial charge in [-0.15, -0.1) is 0 Å². The van der Waals surface area contributed by atoms with Gasteiger partial charge in [0.15, 0.2) is 0 Å². The molecule has 5 nitrogen and oxygen atoms in total. The molecule has 1 rings (SSSR count). The van der Waals surface area contributed by atoms with Crippen LogP contribution >= 0.6 is 12.2 Å². The van der Waals surface area contributed by atoms with Gasteiger partial charge in [0, 0.05) is 20.1 Å². The van der Waals surface area contributed by atoms with Crippen molar-refractivity contribution in [3.8, 4) is 0 Å². The molecule has 102 valence electrons. The number of hydrogen-bond acceptors (Lipinski definition) is 3. The van der Waals surface area contributed by atoms with Crippen molar-refractivity contribution in [3.05, 3.63) is 0 Å². The molecule has 1 saturated heterocycles. The van der Waals surface area contributed by atoms with Gasteiger partial charge in [-0.05, 0) is 12.8 Å². The van der Waals surface area contributed by atoms with Crippen LogP contribution in [0, 0.1) is 5.92 Å². The Morgan fingerprint density at radius 1 is 1.50 bits per heavy atom. The molecule has 0 radical (unpaired) electrons. The van der Waals surface area contributed by atoms with Gasteiger partial charge in [0.1, 0.15) is 0 Å². The van der Waals surface area contributed by atoms with Gasteiger partial charge in [0.05, 0.1) is 17.5 Å². The Kier molecular flexibility index (Phi) is 5.53. The third-order valence-electron chi connectivity index (χ3n) is 3.20. The fourth-order valence-electron chi connectivity index (χ4n) is 2.07. The largest absolute Gasteiger partial charge is 0.393 e. The molecule has 1 aliphatic rings. The molecule has 0 aliphatic carbocycles. The molecule has 0 aromatic heterocycles. The second-order valence-corrected chi connectivity index (χ2v) is 5.14. The number of carbonyl (C=O) groups is 2. The first-order valence-electron chi connectivity index (χ1n) is 6.29. The third-order valence-corrected chi connectivity index (χ3v) is 3.49. The number of nitrogens with zero attached hydrogens (tertiary/aromatic N) is 2. The summed E-state index contributed by atoms with van der Waals surface area (Å²) in [6.07, 6.45) is 2.29. The highest BCUT2D eigenvalue weighted by atomic mass is 32.1. The number of likely N-dealkylation sites (N-methyl/N-ethyl adjacent to an activating group) is 1. The summed E-state index contributed by atoms with van der Waals surface area (Å²) in [5, 5.41) is 0. The van der Waals surface area contributed by atoms with Gasteiger partial charge in [-0.25, -0.2) is 0 Å². The number of rotatable bonds is 4. The highest BCUT2D eigenvalue weighted by Crippen LogP contribution is 2.13. The topological polar surface area (TPSA) is 66.6 Å². The number of thiocarbonyl (C=S) groups is 1. The summed E-state index contributed by atoms with van der Waals surface area (Å²) in [6.45, 7) is 3.41. The van der Waals surface area contributed by atoms with Crippen LogP contribution in [0.25, 0.3) is 0 Å². The van der Waals surface area contributed by atoms with E-state index >= 15 is 0 Å². The number of carbonyl (C=O) groups excluding carboxylic acids is 2. The highest BCUT2D eigenvalue weighted by Gasteiger charge is 2.29. The highest BCUT2D eigenvalue weighted by molar-refractivity contribution is 7.80. The minimum absolute atomic E-state index is 0.0287. The second kappa shape index (κ2) is 6.68. The fraction of sp³-hybridized carbons (Fsp3) is 0.750. The van der Waals surface area contributed by atoms with E-state index in [2.05, 4.69) is 0 Å². The molecule has 1 atom stereocenters. The van der Waals surface area contributed by atoms with Gasteiger partial charge in [-0.2, -0.15) is 0 Å². The smallest absolute Gasteiger partial charge is 0.241 e. The molecule has 2 N–H and O–H groups in total. The summed E-state index contributed by atoms with van der Waals surface area (Å²) in [4.78, 5) is 27.5. The summed E-state index contributed by atoms with van der Waals surface area (Å²) < 4.78 is 0. The molecule has 0 saturated carbocycles. The van der Waals surface area contributed by atoms with Gasteiger partial charge in [-0.1, -0.05) is 25.6 Å². The zero-order valence-electron chi connectivity index (χ0n) is 11.0. The van der Waals surface area contributed by atoms with Crippen LogP contribution in [0.2, 0.25) is 0 Å². The molecule has 0 bridgehead atoms. The van der Waals surface area contributed by atoms with E-state index < -0.39 is 5.92 Å². The lowest BCUT2D eigenvalue weighted by atomic mass is 10.0. The Morgan fingerprint density at radius 2 is 2.17 bits per heavy atom. The Hall–Kier alpha value is -1.17. The van der Waals surface area contributed by atoms with E-state index in [-0.39, 0.29) is 23.3 Å². The quantitative estimate of drug-likeness (QED) is 0.751. The molecule has 0 aromatic carbocycles. The van der Waals surface area contributed by atoms with E-state index in [1.807, 2.05) is 6.92 Å². The van der Waals surface area contributed by atoms with Gasteiger partial charge in [0.25, 0.3) is 0 Å². The molecule has 1 unspecified atom stereocenters. The van der Waals surface area contributed by atoms with Crippen molar-refractivity contribution in [2.75, 3.05) is 26.7 Å². The summed E-state index contributed by atoms with van der Waals surface area (Å²) in [7, 11) is 1.76. The number of amides is 2. The summed E-state index contributed by atoms with van der Waals surface area (Å²) in [5.41, 5.74) is 5.62. The maximum absolute atomic E-state index is 12.3. The van der Waals surface area contributed by atoms with E-state index in [4.69, 9.17) is 18.0 Å². The van der Waals surface area contributed by atoms with Gasteiger partial charge in [-0.3, -0.25) is 9.59 Å². The van der Waals surface area contributed by atoms with Crippen LogP contribution in [0.3, 0.4) is 0 Å². The second-order valence-electron chi connectivity index (χ2n) is 4.67. The molecule has 1 heterocycles. The van der Waals surface area contributed by atoms with Crippen LogP contribution in [0.5, 0.6) is 0 Å². The van der Waals surface area contributed by atoms with Crippen LogP contribution in [0.15, 0.2) is 0 Å². The Balaban J connectivity index is 2.75. The monoisotopic (exact) mass is 271 g/mol. The van der Waals surface area contributed by atoms with Crippen LogP contribution in [-0.4, -0.2) is 53.3 Å². The van der Waals surface area contributed by atoms with Crippen LogP contribution in [-0.2, 0) is 9.59 Å². The minimum Gasteiger partial charge on any atom is -0.393 e. The molecular formula is C12H21N3O2S. The first-order valence-corrected chi connectivity index (χ1v) is 6.70. The molecule has 18 heavy (non-hydrogen) atoms. The minimum atomic E-state index is -0.429. The summed E-state index contributed by atoms with van der Waals surface area (Å²) in [5.74, 6) is -0.562. The molecule has 2 amide bonds. The molecule has 1 fully saturated rings. The van der Waals surface area contributed by atoms with E-state index in [0.29, 0.717) is 19.5 Å². The van der Waals surface area contributed by atoms with Crippen molar-refractivity contribution in [2.24, 2.45) is 11.7 Å². The normalized spacial score (nSPS) is 18.4. The van der Waals surface area contributed by atoms with Crippen molar-refractivity contribution in [2.45, 2.75) is 26.2 Å². The Bertz CT molecular complexity index is 346. The standard InChI is InChI=1S/C12H21N3O2S/c1-3-5-9(11(13)18)12(17)15-7-4-6-14(2)10(16)8-15/h9H,3-8H2,1-2H3,(H2,13,18). The lowest BCUT2D eigenvalue weighted by Crippen LogP contribution is -2.44. The van der Waals surface area contributed by atoms with Crippen LogP contribution < -0.4 is 5.73 Å². The Labute approximate surface area is 113 Å². The number of nitrogens with two attached hydrogens (primary N) is 1. The zero-order valence-corrected chi connectivity index (χ0v) is 11.8. The molecule has 1 aliphatic heterocycles. The van der Waals surface area contributed by atoms with Crippen molar-refractivity contribution in [1.82, 2.24) is 9.80 Å². The van der Waals surface area contributed by atoms with Crippen molar-refractivity contribution < 1.29 is 9.59 Å². The van der Waals surface area contributed by atoms with E-state index in [1.165, 1.54) is 0 Å². The summed E-state index contributed by atoms with van der Waals surface area (Å²) >= 11 is 4.95. The first kappa shape index (κ1) is 14.9. The summed E-state index contributed by atoms with van der Waals surface area (Å²) in [6, 6.07) is 0. The lowest BCUT2D eigenvalue weighted by Gasteiger charge is -2.24. The van der Waals surface area contributed by atoms with Crippen LogP contribution in [0.4, 0.5) is 0 Å². The third kappa shape index (κ3) is 3.66. The SMILES string of the molecule is CCCC(C(=O)N1CCCN(C)C(=O)C1)C(N)=S. The van der Waals surface area contributed by atoms with E-state index in [0.717, 1.165) is 12.8 Å². The van der Waals surface area contributed by atoms with Crippen molar-refractivity contribution in [1.29, 1.82) is 0 Å². The average molecular weight is 271 g/mol. The fourth-order valence-corrected chi connectivity index (χ4v) is 2.29. The van der Waals surface area contributed by atoms with Crippen molar-refractivity contribution in [3.63, 3.8) is 0 Å². The van der Waals surface area contributed by atoms with E-state index in [1.54, 1.807) is 16.8 Å². The predicted molar refractivity (Wildman–Crippen MR) is 74.0 cm³/mol. The predicted octanol–water partition coefficient (Wildman–Crippen LogP) is 0.380. The Morgan fingerprint density at radius 3 is 2.72 bits per heavy atom. The lowest BCUT2D eigenvalue weighted by molar-refractivity contribution is -0.139. The van der Waals surface area contributed by atoms with Gasteiger partial charge in [0.2, 0.25) is 11.8 Å². The molecule has 0 aromatic rings. The van der Waals surface area contributed by atoms with Gasteiger partial charge < -0.3 is 15.5 Å². The maximum Gasteiger partial charge on any atom is 0.241 e. The first-order chi connectivity index (χ1) is 8.47. The number of hydrogen-bond donors (Lipinski definition) is 1. The molecule has 6 heteroatoms. The van der Waals surface area contributed by atoms with Gasteiger partial charge >= 0.3 is 0 Å². The zero-order chi connectivity index (χ0) is 13.7. The van der Waals surface area contributed by atoms with E-state index in [9.17, 15) is 9.59 Å².